The Kier molecular flexibility index (Phi) is 3.57. The minimum absolute atomic E-state index is 0.209. The number of carbonyl (C=O) groups is 1. The summed E-state index contributed by atoms with van der Waals surface area (Å²) in [6, 6.07) is 4.39. The van der Waals surface area contributed by atoms with Gasteiger partial charge in [-0.1, -0.05) is 31.0 Å². The number of aliphatic imine (C=N–C) groups is 1. The van der Waals surface area contributed by atoms with Crippen LogP contribution in [0.15, 0.2) is 23.2 Å². The van der Waals surface area contributed by atoms with Crippen molar-refractivity contribution >= 4 is 44.3 Å². The van der Waals surface area contributed by atoms with Crippen LogP contribution in [0.3, 0.4) is 0 Å². The van der Waals surface area contributed by atoms with Crippen LogP contribution in [0.2, 0.25) is 0 Å². The number of benzene rings is 1. The van der Waals surface area contributed by atoms with E-state index in [0.717, 1.165) is 46.0 Å². The summed E-state index contributed by atoms with van der Waals surface area (Å²) in [6.45, 7) is 0. The lowest BCUT2D eigenvalue weighted by atomic mass is 9.83. The highest BCUT2D eigenvalue weighted by molar-refractivity contribution is 8.16. The van der Waals surface area contributed by atoms with Crippen molar-refractivity contribution in [3.05, 3.63) is 23.2 Å². The second kappa shape index (κ2) is 5.49. The van der Waals surface area contributed by atoms with Gasteiger partial charge in [-0.25, -0.2) is 9.78 Å². The van der Waals surface area contributed by atoms with Crippen molar-refractivity contribution in [2.75, 3.05) is 0 Å². The Morgan fingerprint density at radius 2 is 2.04 bits per heavy atom. The molecule has 0 amide bonds. The van der Waals surface area contributed by atoms with Gasteiger partial charge in [-0.05, 0) is 31.0 Å². The first-order chi connectivity index (χ1) is 11.1. The molecule has 0 saturated heterocycles. The van der Waals surface area contributed by atoms with Gasteiger partial charge in [-0.2, -0.15) is 0 Å². The Labute approximate surface area is 141 Å². The molecule has 0 bridgehead atoms. The molecule has 1 atom stereocenters. The summed E-state index contributed by atoms with van der Waals surface area (Å²) >= 11 is 3.05. The lowest BCUT2D eigenvalue weighted by Crippen LogP contribution is -2.42. The lowest BCUT2D eigenvalue weighted by molar-refractivity contribution is -0.139. The second-order valence-electron chi connectivity index (χ2n) is 6.07. The molecule has 1 aliphatic carbocycles. The van der Waals surface area contributed by atoms with Gasteiger partial charge in [0.25, 0.3) is 0 Å². The SMILES string of the molecule is O=C(O)C1N=C(c2nc3ccc(O)cc3s2)SC12CCCCC2. The van der Waals surface area contributed by atoms with Crippen molar-refractivity contribution in [3.8, 4) is 5.75 Å². The highest BCUT2D eigenvalue weighted by Crippen LogP contribution is 2.50. The predicted molar refractivity (Wildman–Crippen MR) is 92.7 cm³/mol. The summed E-state index contributed by atoms with van der Waals surface area (Å²) in [6.07, 6.45) is 5.09. The number of nitrogens with zero attached hydrogens (tertiary/aromatic N) is 2. The molecule has 2 aliphatic rings. The summed E-state index contributed by atoms with van der Waals surface area (Å²) < 4.78 is 0.583. The van der Waals surface area contributed by atoms with Crippen LogP contribution in [0.25, 0.3) is 10.2 Å². The van der Waals surface area contributed by atoms with Gasteiger partial charge in [-0.3, -0.25) is 4.99 Å². The van der Waals surface area contributed by atoms with Crippen LogP contribution in [0.5, 0.6) is 5.75 Å². The third-order valence-electron chi connectivity index (χ3n) is 4.53. The van der Waals surface area contributed by atoms with Crippen molar-refractivity contribution in [2.45, 2.75) is 42.9 Å². The Hall–Kier alpha value is -1.60. The zero-order valence-electron chi connectivity index (χ0n) is 12.4. The molecule has 2 heterocycles. The number of hydrogen-bond acceptors (Lipinski definition) is 6. The van der Waals surface area contributed by atoms with E-state index in [1.807, 2.05) is 0 Å². The van der Waals surface area contributed by atoms with Crippen molar-refractivity contribution in [3.63, 3.8) is 0 Å². The summed E-state index contributed by atoms with van der Waals surface area (Å²) in [5, 5.41) is 20.7. The lowest BCUT2D eigenvalue weighted by Gasteiger charge is -2.34. The average molecular weight is 348 g/mol. The topological polar surface area (TPSA) is 82.8 Å². The number of rotatable bonds is 2. The number of aromatic hydroxyl groups is 1. The van der Waals surface area contributed by atoms with Crippen LogP contribution in [-0.4, -0.2) is 37.0 Å². The number of hydrogen-bond donors (Lipinski definition) is 2. The molecule has 1 aliphatic heterocycles. The molecule has 1 spiro atoms. The van der Waals surface area contributed by atoms with Crippen LogP contribution in [0, 0.1) is 0 Å². The number of aromatic nitrogens is 1. The van der Waals surface area contributed by atoms with Gasteiger partial charge >= 0.3 is 5.97 Å². The largest absolute Gasteiger partial charge is 0.508 e. The Bertz CT molecular complexity index is 809. The number of phenolic OH excluding ortho intramolecular Hbond substituents is 1. The minimum atomic E-state index is -0.840. The van der Waals surface area contributed by atoms with Gasteiger partial charge in [0.1, 0.15) is 15.8 Å². The van der Waals surface area contributed by atoms with Gasteiger partial charge in [0.2, 0.25) is 0 Å². The van der Waals surface area contributed by atoms with Crippen LogP contribution in [0.4, 0.5) is 0 Å². The maximum atomic E-state index is 11.7. The molecule has 1 aromatic carbocycles. The quantitative estimate of drug-likeness (QED) is 0.865. The standard InChI is InChI=1S/C16H16N2O3S2/c19-9-4-5-10-11(8-9)22-13(17-10)14-18-12(15(20)21)16(23-14)6-2-1-3-7-16/h4-5,8,12,19H,1-3,6-7H2,(H,20,21). The van der Waals surface area contributed by atoms with E-state index in [2.05, 4.69) is 9.98 Å². The molecule has 1 unspecified atom stereocenters. The Balaban J connectivity index is 1.72. The number of thiazole rings is 1. The predicted octanol–water partition coefficient (Wildman–Crippen LogP) is 3.65. The second-order valence-corrected chi connectivity index (χ2v) is 8.51. The molecule has 4 rings (SSSR count). The zero-order chi connectivity index (χ0) is 16.0. The Morgan fingerprint density at radius 3 is 2.78 bits per heavy atom. The van der Waals surface area contributed by atoms with Crippen LogP contribution >= 0.6 is 23.1 Å². The molecular formula is C16H16N2O3S2. The molecule has 23 heavy (non-hydrogen) atoms. The molecular weight excluding hydrogens is 332 g/mol. The maximum absolute atomic E-state index is 11.7. The molecule has 2 aromatic rings. The normalized spacial score (nSPS) is 23.3. The summed E-state index contributed by atoms with van der Waals surface area (Å²) in [5.41, 5.74) is 0.808. The summed E-state index contributed by atoms with van der Waals surface area (Å²) in [5.74, 6) is -0.631. The number of thioether (sulfide) groups is 1. The van der Waals surface area contributed by atoms with Crippen LogP contribution < -0.4 is 0 Å². The first-order valence-electron chi connectivity index (χ1n) is 7.67. The third-order valence-corrected chi connectivity index (χ3v) is 7.22. The van der Waals surface area contributed by atoms with E-state index in [0.29, 0.717) is 0 Å². The van der Waals surface area contributed by atoms with E-state index in [9.17, 15) is 15.0 Å². The number of phenols is 1. The highest BCUT2D eigenvalue weighted by Gasteiger charge is 2.50. The smallest absolute Gasteiger partial charge is 0.329 e. The molecule has 0 radical (unpaired) electrons. The monoisotopic (exact) mass is 348 g/mol. The van der Waals surface area contributed by atoms with E-state index < -0.39 is 12.0 Å². The van der Waals surface area contributed by atoms with E-state index in [-0.39, 0.29) is 10.5 Å². The molecule has 7 heteroatoms. The van der Waals surface area contributed by atoms with E-state index >= 15 is 0 Å². The number of fused-ring (bicyclic) bond motifs is 1. The minimum Gasteiger partial charge on any atom is -0.508 e. The summed E-state index contributed by atoms with van der Waals surface area (Å²) in [7, 11) is 0. The maximum Gasteiger partial charge on any atom is 0.329 e. The van der Waals surface area contributed by atoms with Crippen LogP contribution in [-0.2, 0) is 4.79 Å². The van der Waals surface area contributed by atoms with Gasteiger partial charge in [-0.15, -0.1) is 11.3 Å². The number of carboxylic acids is 1. The molecule has 5 nitrogen and oxygen atoms in total. The molecule has 1 aromatic heterocycles. The van der Waals surface area contributed by atoms with Crippen molar-refractivity contribution in [1.82, 2.24) is 4.98 Å². The van der Waals surface area contributed by atoms with Crippen molar-refractivity contribution < 1.29 is 15.0 Å². The van der Waals surface area contributed by atoms with E-state index in [1.54, 1.807) is 30.0 Å². The summed E-state index contributed by atoms with van der Waals surface area (Å²) in [4.78, 5) is 20.8. The fraction of sp³-hybridized carbons (Fsp3) is 0.438. The first kappa shape index (κ1) is 15.0. The highest BCUT2D eigenvalue weighted by atomic mass is 32.2. The third kappa shape index (κ3) is 2.52. The molecule has 1 saturated carbocycles. The van der Waals surface area contributed by atoms with Crippen LogP contribution in [0.1, 0.15) is 37.1 Å². The average Bonchev–Trinajstić information content (AvgIpc) is 3.09. The number of carboxylic acid groups (broad SMARTS) is 1. The fourth-order valence-electron chi connectivity index (χ4n) is 3.42. The van der Waals surface area contributed by atoms with E-state index in [1.165, 1.54) is 17.8 Å². The number of aliphatic carboxylic acids is 1. The van der Waals surface area contributed by atoms with Crippen molar-refractivity contribution in [2.24, 2.45) is 4.99 Å². The molecule has 1 fully saturated rings. The zero-order valence-corrected chi connectivity index (χ0v) is 14.0. The fourth-order valence-corrected chi connectivity index (χ4v) is 5.99. The van der Waals surface area contributed by atoms with Crippen molar-refractivity contribution in [1.29, 1.82) is 0 Å². The molecule has 2 N–H and O–H groups in total. The molecule has 120 valence electrons. The van der Waals surface area contributed by atoms with E-state index in [4.69, 9.17) is 0 Å². The van der Waals surface area contributed by atoms with Gasteiger partial charge in [0.15, 0.2) is 6.04 Å². The van der Waals surface area contributed by atoms with Gasteiger partial charge < -0.3 is 10.2 Å². The van der Waals surface area contributed by atoms with Gasteiger partial charge in [0.05, 0.1) is 15.0 Å². The Morgan fingerprint density at radius 1 is 1.26 bits per heavy atom. The first-order valence-corrected chi connectivity index (χ1v) is 9.30. The van der Waals surface area contributed by atoms with Gasteiger partial charge in [0, 0.05) is 0 Å².